The van der Waals surface area contributed by atoms with Crippen LogP contribution < -0.4 is 0 Å². The van der Waals surface area contributed by atoms with Crippen LogP contribution in [0.3, 0.4) is 0 Å². The Balaban J connectivity index is 2.50. The number of halogens is 1. The lowest BCUT2D eigenvalue weighted by Gasteiger charge is -2.52. The second-order valence-corrected chi connectivity index (χ2v) is 7.12. The van der Waals surface area contributed by atoms with E-state index in [0.717, 1.165) is 0 Å². The lowest BCUT2D eigenvalue weighted by molar-refractivity contribution is -0.177. The van der Waals surface area contributed by atoms with Crippen LogP contribution in [0.5, 0.6) is 0 Å². The van der Waals surface area contributed by atoms with E-state index in [-0.39, 0.29) is 18.8 Å². The average molecular weight is 325 g/mol. The lowest BCUT2D eigenvalue weighted by Crippen LogP contribution is -2.65. The molecule has 1 heterocycles. The van der Waals surface area contributed by atoms with Crippen molar-refractivity contribution in [3.63, 3.8) is 0 Å². The Morgan fingerprint density at radius 3 is 2.35 bits per heavy atom. The normalized spacial score (nSPS) is 28.7. The van der Waals surface area contributed by atoms with Crippen LogP contribution >= 0.6 is 0 Å². The maximum absolute atomic E-state index is 13.2. The van der Waals surface area contributed by atoms with E-state index in [1.807, 2.05) is 20.8 Å². The summed E-state index contributed by atoms with van der Waals surface area (Å²) in [7, 11) is 1.46. The number of hydrogen-bond donors (Lipinski definition) is 2. The highest BCUT2D eigenvalue weighted by Crippen LogP contribution is 2.43. The van der Waals surface area contributed by atoms with E-state index < -0.39 is 29.3 Å². The maximum atomic E-state index is 13.2. The molecule has 0 radical (unpaired) electrons. The van der Waals surface area contributed by atoms with Crippen molar-refractivity contribution in [2.24, 2.45) is 5.41 Å². The fourth-order valence-electron chi connectivity index (χ4n) is 3.50. The molecule has 0 bridgehead atoms. The SMILES string of the molecule is CO[C@H]1C(C(C)(C)C)N(C(=O)O)CC[C@]1(O)c1ccc(F)cc1. The van der Waals surface area contributed by atoms with Gasteiger partial charge in [0.05, 0.1) is 6.04 Å². The number of carbonyl (C=O) groups is 1. The topological polar surface area (TPSA) is 70.0 Å². The molecule has 1 aliphatic heterocycles. The van der Waals surface area contributed by atoms with Crippen LogP contribution in [0.15, 0.2) is 24.3 Å². The Kier molecular flexibility index (Phi) is 4.69. The summed E-state index contributed by atoms with van der Waals surface area (Å²) in [5, 5.41) is 20.8. The Labute approximate surface area is 135 Å². The first kappa shape index (κ1) is 17.7. The molecule has 23 heavy (non-hydrogen) atoms. The molecule has 1 fully saturated rings. The van der Waals surface area contributed by atoms with Crippen LogP contribution in [-0.4, -0.2) is 47.0 Å². The standard InChI is InChI=1S/C17H24FNO4/c1-16(2,3)13-14(23-4)17(22,9-10-19(13)15(20)21)11-5-7-12(18)8-6-11/h5-8,13-14,22H,9-10H2,1-4H3,(H,20,21)/t13?,14-,17-/m0/s1. The molecule has 0 aromatic heterocycles. The van der Waals surface area contributed by atoms with Crippen molar-refractivity contribution in [3.05, 3.63) is 35.6 Å². The largest absolute Gasteiger partial charge is 0.465 e. The predicted octanol–water partition coefficient (Wildman–Crippen LogP) is 2.83. The predicted molar refractivity (Wildman–Crippen MR) is 83.7 cm³/mol. The number of methoxy groups -OCH3 is 1. The van der Waals surface area contributed by atoms with E-state index in [2.05, 4.69) is 0 Å². The smallest absolute Gasteiger partial charge is 0.407 e. The molecule has 2 rings (SSSR count). The van der Waals surface area contributed by atoms with Crippen molar-refractivity contribution < 1.29 is 24.1 Å². The van der Waals surface area contributed by atoms with Gasteiger partial charge >= 0.3 is 6.09 Å². The molecular formula is C17H24FNO4. The minimum Gasteiger partial charge on any atom is -0.465 e. The first-order chi connectivity index (χ1) is 10.6. The fourth-order valence-corrected chi connectivity index (χ4v) is 3.50. The van der Waals surface area contributed by atoms with E-state index in [4.69, 9.17) is 4.74 Å². The van der Waals surface area contributed by atoms with Crippen LogP contribution in [0, 0.1) is 11.2 Å². The summed E-state index contributed by atoms with van der Waals surface area (Å²) >= 11 is 0. The van der Waals surface area contributed by atoms with Crippen molar-refractivity contribution in [1.82, 2.24) is 4.90 Å². The molecule has 0 spiro atoms. The summed E-state index contributed by atoms with van der Waals surface area (Å²) in [6, 6.07) is 5.09. The van der Waals surface area contributed by atoms with E-state index in [9.17, 15) is 19.4 Å². The van der Waals surface area contributed by atoms with Crippen LogP contribution in [0.2, 0.25) is 0 Å². The van der Waals surface area contributed by atoms with Gasteiger partial charge in [0.2, 0.25) is 0 Å². The molecule has 1 aromatic carbocycles. The third-order valence-corrected chi connectivity index (χ3v) is 4.56. The molecule has 0 aliphatic carbocycles. The maximum Gasteiger partial charge on any atom is 0.407 e. The highest BCUT2D eigenvalue weighted by molar-refractivity contribution is 5.66. The summed E-state index contributed by atoms with van der Waals surface area (Å²) in [5.41, 5.74) is -1.27. The van der Waals surface area contributed by atoms with Crippen molar-refractivity contribution >= 4 is 6.09 Å². The number of benzene rings is 1. The van der Waals surface area contributed by atoms with E-state index in [1.54, 1.807) is 0 Å². The van der Waals surface area contributed by atoms with E-state index >= 15 is 0 Å². The first-order valence-corrected chi connectivity index (χ1v) is 7.62. The molecule has 1 aliphatic rings. The Hall–Kier alpha value is -1.66. The van der Waals surface area contributed by atoms with Gasteiger partial charge in [0.1, 0.15) is 17.5 Å². The molecule has 1 saturated heterocycles. The zero-order chi connectivity index (χ0) is 17.4. The zero-order valence-electron chi connectivity index (χ0n) is 13.9. The summed E-state index contributed by atoms with van der Waals surface area (Å²) < 4.78 is 18.8. The quantitative estimate of drug-likeness (QED) is 0.877. The summed E-state index contributed by atoms with van der Waals surface area (Å²) in [4.78, 5) is 12.9. The molecule has 3 atom stereocenters. The third-order valence-electron chi connectivity index (χ3n) is 4.56. The van der Waals surface area contributed by atoms with Gasteiger partial charge in [-0.25, -0.2) is 9.18 Å². The Bertz CT molecular complexity index is 569. The number of aliphatic hydroxyl groups is 1. The summed E-state index contributed by atoms with van der Waals surface area (Å²) in [6.45, 7) is 5.92. The van der Waals surface area contributed by atoms with Gasteiger partial charge in [-0.15, -0.1) is 0 Å². The van der Waals surface area contributed by atoms with Gasteiger partial charge in [0, 0.05) is 20.1 Å². The summed E-state index contributed by atoms with van der Waals surface area (Å²) in [5.74, 6) is -0.387. The van der Waals surface area contributed by atoms with Gasteiger partial charge in [-0.1, -0.05) is 32.9 Å². The molecule has 128 valence electrons. The van der Waals surface area contributed by atoms with Crippen molar-refractivity contribution in [2.45, 2.75) is 44.9 Å². The van der Waals surface area contributed by atoms with Crippen LogP contribution in [0.25, 0.3) is 0 Å². The third kappa shape index (κ3) is 3.19. The second-order valence-electron chi connectivity index (χ2n) is 7.12. The van der Waals surface area contributed by atoms with Gasteiger partial charge < -0.3 is 19.8 Å². The molecule has 5 nitrogen and oxygen atoms in total. The number of likely N-dealkylation sites (tertiary alicyclic amines) is 1. The van der Waals surface area contributed by atoms with Crippen molar-refractivity contribution in [1.29, 1.82) is 0 Å². The van der Waals surface area contributed by atoms with Gasteiger partial charge in [-0.05, 0) is 23.1 Å². The monoisotopic (exact) mass is 325 g/mol. The number of rotatable bonds is 2. The molecule has 1 aromatic rings. The van der Waals surface area contributed by atoms with E-state index in [0.29, 0.717) is 5.56 Å². The Morgan fingerprint density at radius 1 is 1.35 bits per heavy atom. The molecule has 1 amide bonds. The average Bonchev–Trinajstić information content (AvgIpc) is 2.46. The number of amides is 1. The van der Waals surface area contributed by atoms with Crippen molar-refractivity contribution in [3.8, 4) is 0 Å². The molecular weight excluding hydrogens is 301 g/mol. The minimum atomic E-state index is -1.37. The lowest BCUT2D eigenvalue weighted by atomic mass is 9.70. The zero-order valence-corrected chi connectivity index (χ0v) is 13.9. The summed E-state index contributed by atoms with van der Waals surface area (Å²) in [6.07, 6.45) is -1.60. The molecule has 0 saturated carbocycles. The fraction of sp³-hybridized carbons (Fsp3) is 0.588. The number of carboxylic acid groups (broad SMARTS) is 1. The Morgan fingerprint density at radius 2 is 1.91 bits per heavy atom. The highest BCUT2D eigenvalue weighted by Gasteiger charge is 2.54. The van der Waals surface area contributed by atoms with Gasteiger partial charge in [0.15, 0.2) is 0 Å². The minimum absolute atomic E-state index is 0.186. The van der Waals surface area contributed by atoms with Crippen LogP contribution in [0.1, 0.15) is 32.8 Å². The molecule has 1 unspecified atom stereocenters. The number of nitrogens with zero attached hydrogens (tertiary/aromatic N) is 1. The van der Waals surface area contributed by atoms with Crippen LogP contribution in [0.4, 0.5) is 9.18 Å². The molecule has 2 N–H and O–H groups in total. The second kappa shape index (κ2) is 6.09. The molecule has 6 heteroatoms. The van der Waals surface area contributed by atoms with Crippen LogP contribution in [-0.2, 0) is 10.3 Å². The number of piperidine rings is 1. The van der Waals surface area contributed by atoms with Gasteiger partial charge in [-0.2, -0.15) is 0 Å². The number of ether oxygens (including phenoxy) is 1. The van der Waals surface area contributed by atoms with Gasteiger partial charge in [-0.3, -0.25) is 0 Å². The van der Waals surface area contributed by atoms with Crippen molar-refractivity contribution in [2.75, 3.05) is 13.7 Å². The highest BCUT2D eigenvalue weighted by atomic mass is 19.1. The number of hydrogen-bond acceptors (Lipinski definition) is 3. The van der Waals surface area contributed by atoms with Gasteiger partial charge in [0.25, 0.3) is 0 Å². The van der Waals surface area contributed by atoms with E-state index in [1.165, 1.54) is 36.3 Å². The first-order valence-electron chi connectivity index (χ1n) is 7.62.